The molecule has 2 amide bonds. The van der Waals surface area contributed by atoms with E-state index in [0.717, 1.165) is 45.0 Å². The lowest BCUT2D eigenvalue weighted by atomic mass is 10.0. The molecule has 1 N–H and O–H groups in total. The first-order chi connectivity index (χ1) is 11.8. The Morgan fingerprint density at radius 3 is 3.00 bits per heavy atom. The largest absolute Gasteiger partial charge is 0.381 e. The maximum atomic E-state index is 12.6. The Bertz CT molecular complexity index is 721. The molecule has 0 bridgehead atoms. The molecular weight excluding hydrogens is 304 g/mol. The van der Waals surface area contributed by atoms with E-state index in [2.05, 4.69) is 28.6 Å². The average molecular weight is 326 g/mol. The third-order valence-corrected chi connectivity index (χ3v) is 4.82. The minimum atomic E-state index is -0.0612. The van der Waals surface area contributed by atoms with E-state index in [9.17, 15) is 4.79 Å². The molecule has 1 unspecified atom stereocenters. The molecule has 1 aromatic heterocycles. The summed E-state index contributed by atoms with van der Waals surface area (Å²) in [4.78, 5) is 14.5. The van der Waals surface area contributed by atoms with Crippen molar-refractivity contribution < 1.29 is 9.53 Å². The highest BCUT2D eigenvalue weighted by Gasteiger charge is 2.22. The number of aromatic nitrogens is 2. The molecule has 4 rings (SSSR count). The van der Waals surface area contributed by atoms with E-state index in [-0.39, 0.29) is 6.03 Å². The number of fused-ring (bicyclic) bond motifs is 1. The molecule has 0 aliphatic carbocycles. The highest BCUT2D eigenvalue weighted by molar-refractivity contribution is 5.88. The van der Waals surface area contributed by atoms with Crippen LogP contribution in [-0.2, 0) is 24.2 Å². The second-order valence-corrected chi connectivity index (χ2v) is 6.50. The molecule has 6 nitrogen and oxygen atoms in total. The Morgan fingerprint density at radius 2 is 2.17 bits per heavy atom. The summed E-state index contributed by atoms with van der Waals surface area (Å²) in [5, 5.41) is 7.35. The van der Waals surface area contributed by atoms with Gasteiger partial charge in [0, 0.05) is 38.2 Å². The molecular formula is C18H22N4O2. The molecule has 0 spiro atoms. The fraction of sp³-hybridized carbons (Fsp3) is 0.444. The van der Waals surface area contributed by atoms with Crippen LogP contribution in [0.3, 0.4) is 0 Å². The van der Waals surface area contributed by atoms with Crippen LogP contribution in [0.15, 0.2) is 36.5 Å². The van der Waals surface area contributed by atoms with Crippen LogP contribution >= 0.6 is 0 Å². The summed E-state index contributed by atoms with van der Waals surface area (Å²) in [6.07, 6.45) is 3.69. The molecule has 1 atom stereocenters. The Balaban J connectivity index is 1.41. The number of urea groups is 1. The SMILES string of the molecule is O=C(Nc1ccnn1CC1CCOC1)N1CCc2ccccc2C1. The molecule has 2 aromatic rings. The standard InChI is InChI=1S/C18H22N4O2/c23-18(21-9-6-15-3-1-2-4-16(15)12-21)20-17-5-8-19-22(17)11-14-7-10-24-13-14/h1-5,8,14H,6-7,9-13H2,(H,20,23). The second kappa shape index (κ2) is 6.65. The highest BCUT2D eigenvalue weighted by Crippen LogP contribution is 2.20. The predicted octanol–water partition coefficient (Wildman–Crippen LogP) is 2.51. The predicted molar refractivity (Wildman–Crippen MR) is 90.7 cm³/mol. The van der Waals surface area contributed by atoms with Gasteiger partial charge in [0.2, 0.25) is 0 Å². The van der Waals surface area contributed by atoms with Crippen molar-refractivity contribution in [3.63, 3.8) is 0 Å². The molecule has 126 valence electrons. The normalized spacial score (nSPS) is 20.0. The number of hydrogen-bond acceptors (Lipinski definition) is 3. The first-order valence-corrected chi connectivity index (χ1v) is 8.52. The molecule has 6 heteroatoms. The van der Waals surface area contributed by atoms with Gasteiger partial charge in [0.25, 0.3) is 0 Å². The molecule has 24 heavy (non-hydrogen) atoms. The van der Waals surface area contributed by atoms with Crippen molar-refractivity contribution in [2.75, 3.05) is 25.1 Å². The van der Waals surface area contributed by atoms with Crippen molar-refractivity contribution in [3.8, 4) is 0 Å². The number of ether oxygens (including phenoxy) is 1. The summed E-state index contributed by atoms with van der Waals surface area (Å²) in [5.74, 6) is 1.23. The quantitative estimate of drug-likeness (QED) is 0.943. The first kappa shape index (κ1) is 15.2. The monoisotopic (exact) mass is 326 g/mol. The second-order valence-electron chi connectivity index (χ2n) is 6.50. The van der Waals surface area contributed by atoms with Crippen LogP contribution in [0, 0.1) is 5.92 Å². The van der Waals surface area contributed by atoms with Crippen molar-refractivity contribution in [2.45, 2.75) is 25.9 Å². The van der Waals surface area contributed by atoms with E-state index in [0.29, 0.717) is 12.5 Å². The van der Waals surface area contributed by atoms with Crippen LogP contribution in [0.2, 0.25) is 0 Å². The van der Waals surface area contributed by atoms with E-state index in [1.165, 1.54) is 11.1 Å². The zero-order valence-electron chi connectivity index (χ0n) is 13.6. The number of amides is 2. The van der Waals surface area contributed by atoms with Gasteiger partial charge in [-0.2, -0.15) is 5.10 Å². The van der Waals surface area contributed by atoms with Gasteiger partial charge in [-0.05, 0) is 24.0 Å². The van der Waals surface area contributed by atoms with Crippen molar-refractivity contribution >= 4 is 11.8 Å². The number of nitrogens with zero attached hydrogens (tertiary/aromatic N) is 3. The van der Waals surface area contributed by atoms with Gasteiger partial charge in [-0.1, -0.05) is 24.3 Å². The van der Waals surface area contributed by atoms with Crippen molar-refractivity contribution in [1.82, 2.24) is 14.7 Å². The Morgan fingerprint density at radius 1 is 1.29 bits per heavy atom. The number of rotatable bonds is 3. The summed E-state index contributed by atoms with van der Waals surface area (Å²) in [7, 11) is 0. The molecule has 2 aliphatic rings. The minimum Gasteiger partial charge on any atom is -0.381 e. The Kier molecular flexibility index (Phi) is 4.21. The van der Waals surface area contributed by atoms with Crippen molar-refractivity contribution in [2.24, 2.45) is 5.92 Å². The first-order valence-electron chi connectivity index (χ1n) is 8.52. The number of anilines is 1. The van der Waals surface area contributed by atoms with Crippen molar-refractivity contribution in [3.05, 3.63) is 47.7 Å². The van der Waals surface area contributed by atoms with E-state index in [4.69, 9.17) is 4.74 Å². The molecule has 2 aliphatic heterocycles. The van der Waals surface area contributed by atoms with Gasteiger partial charge >= 0.3 is 6.03 Å². The zero-order valence-corrected chi connectivity index (χ0v) is 13.6. The van der Waals surface area contributed by atoms with Gasteiger partial charge in [0.05, 0.1) is 12.8 Å². The van der Waals surface area contributed by atoms with Crippen LogP contribution in [0.1, 0.15) is 17.5 Å². The van der Waals surface area contributed by atoms with Crippen LogP contribution in [0.5, 0.6) is 0 Å². The van der Waals surface area contributed by atoms with Crippen LogP contribution in [0.4, 0.5) is 10.6 Å². The summed E-state index contributed by atoms with van der Waals surface area (Å²) in [6, 6.07) is 10.1. The van der Waals surface area contributed by atoms with Gasteiger partial charge in [0.15, 0.2) is 0 Å². The fourth-order valence-corrected chi connectivity index (χ4v) is 3.41. The van der Waals surface area contributed by atoms with Gasteiger partial charge in [-0.3, -0.25) is 5.32 Å². The average Bonchev–Trinajstić information content (AvgIpc) is 3.27. The lowest BCUT2D eigenvalue weighted by Crippen LogP contribution is -2.39. The molecule has 0 saturated carbocycles. The molecule has 1 aromatic carbocycles. The van der Waals surface area contributed by atoms with Gasteiger partial charge in [-0.25, -0.2) is 9.48 Å². The summed E-state index contributed by atoms with van der Waals surface area (Å²) in [6.45, 7) is 3.78. The number of nitrogens with one attached hydrogen (secondary N) is 1. The van der Waals surface area contributed by atoms with Gasteiger partial charge in [0.1, 0.15) is 5.82 Å². The summed E-state index contributed by atoms with van der Waals surface area (Å²) < 4.78 is 7.29. The maximum Gasteiger partial charge on any atom is 0.323 e. The fourth-order valence-electron chi connectivity index (χ4n) is 3.41. The lowest BCUT2D eigenvalue weighted by Gasteiger charge is -2.29. The van der Waals surface area contributed by atoms with E-state index >= 15 is 0 Å². The van der Waals surface area contributed by atoms with Gasteiger partial charge in [-0.15, -0.1) is 0 Å². The number of hydrogen-bond donors (Lipinski definition) is 1. The Labute approximate surface area is 141 Å². The molecule has 1 saturated heterocycles. The molecule has 3 heterocycles. The summed E-state index contributed by atoms with van der Waals surface area (Å²) in [5.41, 5.74) is 2.57. The number of carbonyl (C=O) groups excluding carboxylic acids is 1. The van der Waals surface area contributed by atoms with Crippen LogP contribution in [0.25, 0.3) is 0 Å². The van der Waals surface area contributed by atoms with E-state index < -0.39 is 0 Å². The van der Waals surface area contributed by atoms with Crippen LogP contribution < -0.4 is 5.32 Å². The number of benzene rings is 1. The van der Waals surface area contributed by atoms with Gasteiger partial charge < -0.3 is 9.64 Å². The zero-order chi connectivity index (χ0) is 16.4. The Hall–Kier alpha value is -2.34. The molecule has 1 fully saturated rings. The highest BCUT2D eigenvalue weighted by atomic mass is 16.5. The van der Waals surface area contributed by atoms with E-state index in [1.807, 2.05) is 21.7 Å². The van der Waals surface area contributed by atoms with Crippen molar-refractivity contribution in [1.29, 1.82) is 0 Å². The third-order valence-electron chi connectivity index (χ3n) is 4.82. The van der Waals surface area contributed by atoms with Crippen LogP contribution in [-0.4, -0.2) is 40.5 Å². The smallest absolute Gasteiger partial charge is 0.323 e. The van der Waals surface area contributed by atoms with E-state index in [1.54, 1.807) is 6.20 Å². The summed E-state index contributed by atoms with van der Waals surface area (Å²) >= 11 is 0. The minimum absolute atomic E-state index is 0.0612. The third kappa shape index (κ3) is 3.14. The maximum absolute atomic E-state index is 12.6. The topological polar surface area (TPSA) is 59.4 Å². The molecule has 0 radical (unpaired) electrons. The number of carbonyl (C=O) groups is 1. The lowest BCUT2D eigenvalue weighted by molar-refractivity contribution is 0.181.